The van der Waals surface area contributed by atoms with Crippen molar-refractivity contribution in [3.05, 3.63) is 11.7 Å². The van der Waals surface area contributed by atoms with Crippen molar-refractivity contribution in [1.29, 1.82) is 0 Å². The highest BCUT2D eigenvalue weighted by Crippen LogP contribution is 2.39. The summed E-state index contributed by atoms with van der Waals surface area (Å²) >= 11 is 0. The maximum Gasteiger partial charge on any atom is 0.229 e. The molecule has 0 N–H and O–H groups in total. The number of hydrogen-bond donors (Lipinski definition) is 0. The normalized spacial score (nSPS) is 37.1. The molecule has 0 radical (unpaired) electrons. The average molecular weight is 298 g/mol. The van der Waals surface area contributed by atoms with E-state index in [0.717, 1.165) is 12.8 Å². The molecule has 3 atom stereocenters. The first-order valence-electron chi connectivity index (χ1n) is 7.47. The van der Waals surface area contributed by atoms with Gasteiger partial charge in [0, 0.05) is 11.8 Å². The summed E-state index contributed by atoms with van der Waals surface area (Å²) in [5.74, 6) is 3.36. The maximum atomic E-state index is 11.5. The van der Waals surface area contributed by atoms with Gasteiger partial charge < -0.3 is 4.52 Å². The Morgan fingerprint density at radius 1 is 1.10 bits per heavy atom. The fourth-order valence-corrected chi connectivity index (χ4v) is 5.47. The van der Waals surface area contributed by atoms with E-state index in [9.17, 15) is 8.42 Å². The van der Waals surface area contributed by atoms with Crippen LogP contribution in [0.2, 0.25) is 0 Å². The molecule has 6 heteroatoms. The van der Waals surface area contributed by atoms with Gasteiger partial charge in [-0.05, 0) is 37.5 Å². The molecule has 1 saturated heterocycles. The minimum absolute atomic E-state index is 0.0732. The molecule has 0 amide bonds. The van der Waals surface area contributed by atoms with Crippen molar-refractivity contribution in [3.63, 3.8) is 0 Å². The van der Waals surface area contributed by atoms with E-state index in [0.29, 0.717) is 35.9 Å². The fourth-order valence-electron chi connectivity index (χ4n) is 3.73. The molecule has 0 spiro atoms. The van der Waals surface area contributed by atoms with E-state index in [-0.39, 0.29) is 17.4 Å². The van der Waals surface area contributed by atoms with Crippen LogP contribution in [-0.4, -0.2) is 30.1 Å². The van der Waals surface area contributed by atoms with Gasteiger partial charge in [-0.3, -0.25) is 0 Å². The van der Waals surface area contributed by atoms with E-state index in [1.807, 2.05) is 0 Å². The van der Waals surface area contributed by atoms with Crippen LogP contribution in [0.25, 0.3) is 0 Å². The minimum atomic E-state index is -2.90. The van der Waals surface area contributed by atoms with Gasteiger partial charge in [-0.1, -0.05) is 19.0 Å². The van der Waals surface area contributed by atoms with Crippen LogP contribution >= 0.6 is 0 Å². The van der Waals surface area contributed by atoms with E-state index in [1.165, 1.54) is 6.42 Å². The molecular weight excluding hydrogens is 276 g/mol. The second-order valence-electron chi connectivity index (χ2n) is 6.71. The Bertz CT molecular complexity index is 571. The Morgan fingerprint density at radius 2 is 1.80 bits per heavy atom. The smallest absolute Gasteiger partial charge is 0.229 e. The van der Waals surface area contributed by atoms with E-state index in [2.05, 4.69) is 24.0 Å². The lowest BCUT2D eigenvalue weighted by atomic mass is 9.77. The first-order valence-corrected chi connectivity index (χ1v) is 9.29. The van der Waals surface area contributed by atoms with Crippen LogP contribution in [0.1, 0.15) is 63.1 Å². The maximum absolute atomic E-state index is 11.5. The van der Waals surface area contributed by atoms with Gasteiger partial charge in [-0.25, -0.2) is 8.42 Å². The molecular formula is C14H22N2O3S. The summed E-state index contributed by atoms with van der Waals surface area (Å²) in [5, 5.41) is 4.04. The Labute approximate surface area is 120 Å². The Morgan fingerprint density at radius 3 is 2.40 bits per heavy atom. The summed E-state index contributed by atoms with van der Waals surface area (Å²) in [6.07, 6.45) is 4.07. The zero-order chi connectivity index (χ0) is 14.3. The highest BCUT2D eigenvalue weighted by Gasteiger charge is 2.34. The zero-order valence-corrected chi connectivity index (χ0v) is 12.9. The molecule has 2 heterocycles. The molecule has 1 aliphatic heterocycles. The molecule has 112 valence electrons. The average Bonchev–Trinajstić information content (AvgIpc) is 2.94. The third-order valence-electron chi connectivity index (χ3n) is 4.58. The van der Waals surface area contributed by atoms with Gasteiger partial charge in [0.2, 0.25) is 5.89 Å². The third kappa shape index (κ3) is 2.90. The second kappa shape index (κ2) is 5.13. The summed E-state index contributed by atoms with van der Waals surface area (Å²) in [4.78, 5) is 4.51. The summed E-state index contributed by atoms with van der Waals surface area (Å²) in [6, 6.07) is 0. The van der Waals surface area contributed by atoms with Crippen molar-refractivity contribution < 1.29 is 12.9 Å². The van der Waals surface area contributed by atoms with E-state index >= 15 is 0 Å². The molecule has 2 aliphatic rings. The highest BCUT2D eigenvalue weighted by molar-refractivity contribution is 7.91. The van der Waals surface area contributed by atoms with Gasteiger partial charge in [0.25, 0.3) is 0 Å². The lowest BCUT2D eigenvalue weighted by molar-refractivity contribution is 0.228. The Balaban J connectivity index is 1.74. The predicted molar refractivity (Wildman–Crippen MR) is 75.2 cm³/mol. The summed E-state index contributed by atoms with van der Waals surface area (Å²) in [5.41, 5.74) is 0. The summed E-state index contributed by atoms with van der Waals surface area (Å²) in [6.45, 7) is 4.53. The van der Waals surface area contributed by atoms with Crippen molar-refractivity contribution in [2.24, 2.45) is 11.8 Å². The number of nitrogens with zero attached hydrogens (tertiary/aromatic N) is 2. The molecule has 2 fully saturated rings. The van der Waals surface area contributed by atoms with Crippen LogP contribution in [0.4, 0.5) is 0 Å². The first-order chi connectivity index (χ1) is 9.43. The number of rotatable bonds is 2. The third-order valence-corrected chi connectivity index (χ3v) is 6.35. The van der Waals surface area contributed by atoms with Crippen molar-refractivity contribution in [1.82, 2.24) is 10.1 Å². The molecule has 0 unspecified atom stereocenters. The van der Waals surface area contributed by atoms with E-state index in [4.69, 9.17) is 4.52 Å². The van der Waals surface area contributed by atoms with Crippen molar-refractivity contribution in [2.75, 3.05) is 11.5 Å². The van der Waals surface area contributed by atoms with Gasteiger partial charge >= 0.3 is 0 Å². The first kappa shape index (κ1) is 14.0. The van der Waals surface area contributed by atoms with Crippen molar-refractivity contribution >= 4 is 9.84 Å². The minimum Gasteiger partial charge on any atom is -0.339 e. The monoisotopic (exact) mass is 298 g/mol. The molecule has 1 aliphatic carbocycles. The fraction of sp³-hybridized carbons (Fsp3) is 0.857. The molecule has 5 nitrogen and oxygen atoms in total. The topological polar surface area (TPSA) is 73.1 Å². The van der Waals surface area contributed by atoms with Crippen LogP contribution < -0.4 is 0 Å². The van der Waals surface area contributed by atoms with Crippen LogP contribution in [0.15, 0.2) is 4.52 Å². The van der Waals surface area contributed by atoms with Crippen molar-refractivity contribution in [2.45, 2.75) is 51.4 Å². The molecule has 1 aromatic heterocycles. The van der Waals surface area contributed by atoms with Crippen LogP contribution in [0, 0.1) is 11.8 Å². The predicted octanol–water partition coefficient (Wildman–Crippen LogP) is 2.51. The lowest BCUT2D eigenvalue weighted by Crippen LogP contribution is -2.18. The lowest BCUT2D eigenvalue weighted by Gasteiger charge is -2.29. The molecule has 20 heavy (non-hydrogen) atoms. The van der Waals surface area contributed by atoms with Gasteiger partial charge in [0.15, 0.2) is 15.7 Å². The van der Waals surface area contributed by atoms with Crippen molar-refractivity contribution in [3.8, 4) is 0 Å². The molecule has 3 rings (SSSR count). The van der Waals surface area contributed by atoms with Crippen LogP contribution in [0.5, 0.6) is 0 Å². The van der Waals surface area contributed by atoms with E-state index in [1.54, 1.807) is 0 Å². The van der Waals surface area contributed by atoms with Gasteiger partial charge in [0.1, 0.15) is 0 Å². The summed E-state index contributed by atoms with van der Waals surface area (Å²) in [7, 11) is -2.90. The molecule has 1 aromatic rings. The van der Waals surface area contributed by atoms with Crippen LogP contribution in [-0.2, 0) is 9.84 Å². The van der Waals surface area contributed by atoms with Gasteiger partial charge in [0.05, 0.1) is 11.5 Å². The largest absolute Gasteiger partial charge is 0.339 e. The van der Waals surface area contributed by atoms with Gasteiger partial charge in [-0.15, -0.1) is 0 Å². The quantitative estimate of drug-likeness (QED) is 0.838. The Kier molecular flexibility index (Phi) is 3.60. The Hall–Kier alpha value is -0.910. The van der Waals surface area contributed by atoms with Gasteiger partial charge in [-0.2, -0.15) is 4.98 Å². The standard InChI is InChI=1S/C14H22N2O3S/c1-9-5-10(2)7-12(6-9)14-15-13(16-19-14)11-3-4-20(17,18)8-11/h9-12H,3-8H2,1-2H3/t9-,10-,11+/m1/s1. The molecule has 0 bridgehead atoms. The summed E-state index contributed by atoms with van der Waals surface area (Å²) < 4.78 is 28.5. The molecule has 0 aromatic carbocycles. The SMILES string of the molecule is C[C@H]1CC(c2nc([C@H]3CCS(=O)(=O)C3)no2)C[C@H](C)C1. The number of sulfone groups is 1. The number of aromatic nitrogens is 2. The second-order valence-corrected chi connectivity index (χ2v) is 8.93. The number of hydrogen-bond acceptors (Lipinski definition) is 5. The molecule has 1 saturated carbocycles. The van der Waals surface area contributed by atoms with E-state index < -0.39 is 9.84 Å². The zero-order valence-electron chi connectivity index (χ0n) is 12.1. The van der Waals surface area contributed by atoms with Crippen LogP contribution in [0.3, 0.4) is 0 Å². The highest BCUT2D eigenvalue weighted by atomic mass is 32.2.